The molecule has 2 aromatic heterocycles. The van der Waals surface area contributed by atoms with Gasteiger partial charge in [0.25, 0.3) is 0 Å². The van der Waals surface area contributed by atoms with E-state index in [-0.39, 0.29) is 11.8 Å². The van der Waals surface area contributed by atoms with Crippen LogP contribution in [0.1, 0.15) is 24.5 Å². The highest BCUT2D eigenvalue weighted by Crippen LogP contribution is 2.24. The molecule has 2 N–H and O–H groups in total. The number of carbonyl (C=O) groups excluding carboxylic acids is 1. The lowest BCUT2D eigenvalue weighted by Gasteiger charge is -2.30. The highest BCUT2D eigenvalue weighted by atomic mass is 32.1. The van der Waals surface area contributed by atoms with E-state index in [0.29, 0.717) is 0 Å². The van der Waals surface area contributed by atoms with Gasteiger partial charge in [0.1, 0.15) is 5.82 Å². The molecular weight excluding hydrogens is 360 g/mol. The van der Waals surface area contributed by atoms with Crippen LogP contribution >= 0.6 is 11.3 Å². The van der Waals surface area contributed by atoms with Crippen LogP contribution in [0.4, 0.5) is 5.69 Å². The van der Waals surface area contributed by atoms with Crippen molar-refractivity contribution >= 4 is 22.9 Å². The lowest BCUT2D eigenvalue weighted by molar-refractivity contribution is -0.121. The second kappa shape index (κ2) is 7.98. The van der Waals surface area contributed by atoms with Crippen molar-refractivity contribution in [3.8, 4) is 11.3 Å². The molecule has 0 radical (unpaired) electrons. The number of piperidine rings is 1. The van der Waals surface area contributed by atoms with Crippen molar-refractivity contribution < 1.29 is 4.79 Å². The van der Waals surface area contributed by atoms with Gasteiger partial charge in [0.2, 0.25) is 5.91 Å². The van der Waals surface area contributed by atoms with E-state index >= 15 is 0 Å². The van der Waals surface area contributed by atoms with Crippen LogP contribution in [0.15, 0.2) is 35.2 Å². The largest absolute Gasteiger partial charge is 0.326 e. The number of hydrogen-bond acceptors (Lipinski definition) is 6. The minimum atomic E-state index is 0.0399. The Balaban J connectivity index is 1.31. The van der Waals surface area contributed by atoms with Crippen LogP contribution in [0.25, 0.3) is 11.3 Å². The van der Waals surface area contributed by atoms with Gasteiger partial charge in [0, 0.05) is 22.5 Å². The zero-order valence-electron chi connectivity index (χ0n) is 15.2. The maximum absolute atomic E-state index is 12.7. The number of hydrogen-bond donors (Lipinski definition) is 2. The van der Waals surface area contributed by atoms with Crippen LogP contribution < -0.4 is 5.32 Å². The van der Waals surface area contributed by atoms with Gasteiger partial charge in [-0.25, -0.2) is 9.97 Å². The number of H-pyrrole nitrogens is 1. The zero-order valence-corrected chi connectivity index (χ0v) is 16.0. The first-order valence-corrected chi connectivity index (χ1v) is 10.0. The van der Waals surface area contributed by atoms with Crippen LogP contribution in [-0.4, -0.2) is 44.1 Å². The molecule has 140 valence electrons. The molecular formula is C19H22N6OS. The maximum atomic E-state index is 12.7. The van der Waals surface area contributed by atoms with Crippen molar-refractivity contribution in [2.24, 2.45) is 5.92 Å². The Morgan fingerprint density at radius 2 is 2.22 bits per heavy atom. The summed E-state index contributed by atoms with van der Waals surface area (Å²) in [5, 5.41) is 12.1. The summed E-state index contributed by atoms with van der Waals surface area (Å²) < 4.78 is 0. The second-order valence-corrected chi connectivity index (χ2v) is 7.55. The van der Waals surface area contributed by atoms with Gasteiger partial charge in [-0.05, 0) is 45.0 Å². The normalized spacial score (nSPS) is 15.7. The number of nitrogens with one attached hydrogen (secondary N) is 2. The summed E-state index contributed by atoms with van der Waals surface area (Å²) in [6.45, 7) is 4.39. The van der Waals surface area contributed by atoms with Gasteiger partial charge in [0.05, 0.1) is 17.7 Å². The first-order chi connectivity index (χ1) is 13.2. The summed E-state index contributed by atoms with van der Waals surface area (Å²) in [5.41, 5.74) is 4.59. The molecule has 8 heteroatoms. The lowest BCUT2D eigenvalue weighted by Crippen LogP contribution is -2.38. The molecule has 0 aliphatic carbocycles. The second-order valence-electron chi connectivity index (χ2n) is 6.83. The van der Waals surface area contributed by atoms with Crippen molar-refractivity contribution in [3.05, 3.63) is 46.8 Å². The van der Waals surface area contributed by atoms with E-state index in [9.17, 15) is 4.79 Å². The average Bonchev–Trinajstić information content (AvgIpc) is 3.35. The average molecular weight is 382 g/mol. The Morgan fingerprint density at radius 1 is 1.37 bits per heavy atom. The number of nitrogens with zero attached hydrogens (tertiary/aromatic N) is 4. The lowest BCUT2D eigenvalue weighted by atomic mass is 9.95. The third-order valence-corrected chi connectivity index (χ3v) is 5.41. The number of aryl methyl sites for hydroxylation is 1. The topological polar surface area (TPSA) is 86.8 Å². The van der Waals surface area contributed by atoms with Gasteiger partial charge in [-0.3, -0.25) is 14.8 Å². The third-order valence-electron chi connectivity index (χ3n) is 4.83. The molecule has 0 atom stereocenters. The molecule has 7 nitrogen and oxygen atoms in total. The Hall–Kier alpha value is -2.58. The Morgan fingerprint density at radius 3 is 2.93 bits per heavy atom. The first-order valence-electron chi connectivity index (χ1n) is 9.07. The molecule has 0 saturated carbocycles. The van der Waals surface area contributed by atoms with Crippen LogP contribution in [0, 0.1) is 12.8 Å². The summed E-state index contributed by atoms with van der Waals surface area (Å²) in [6, 6.07) is 7.86. The van der Waals surface area contributed by atoms with Gasteiger partial charge in [0.15, 0.2) is 5.82 Å². The Bertz CT molecular complexity index is 899. The fraction of sp³-hybridized carbons (Fsp3) is 0.368. The Kier molecular flexibility index (Phi) is 5.26. The molecule has 1 saturated heterocycles. The van der Waals surface area contributed by atoms with Crippen LogP contribution in [0.3, 0.4) is 0 Å². The van der Waals surface area contributed by atoms with E-state index in [1.165, 1.54) is 0 Å². The number of aromatic amines is 1. The smallest absolute Gasteiger partial charge is 0.227 e. The Labute approximate surface area is 161 Å². The molecule has 1 amide bonds. The summed E-state index contributed by atoms with van der Waals surface area (Å²) in [7, 11) is 0. The summed E-state index contributed by atoms with van der Waals surface area (Å²) in [6.07, 6.45) is 1.70. The summed E-state index contributed by atoms with van der Waals surface area (Å²) in [4.78, 5) is 23.6. The van der Waals surface area contributed by atoms with Crippen LogP contribution in [-0.2, 0) is 11.3 Å². The molecule has 0 bridgehead atoms. The molecule has 0 unspecified atom stereocenters. The van der Waals surface area contributed by atoms with Crippen molar-refractivity contribution in [1.29, 1.82) is 0 Å². The summed E-state index contributed by atoms with van der Waals surface area (Å²) >= 11 is 1.56. The van der Waals surface area contributed by atoms with Crippen LogP contribution in [0.5, 0.6) is 0 Å². The highest BCUT2D eigenvalue weighted by Gasteiger charge is 2.25. The molecule has 0 spiro atoms. The number of rotatable bonds is 5. The van der Waals surface area contributed by atoms with Crippen molar-refractivity contribution in [2.45, 2.75) is 26.3 Å². The number of benzene rings is 1. The quantitative estimate of drug-likeness (QED) is 0.708. The predicted molar refractivity (Wildman–Crippen MR) is 105 cm³/mol. The monoisotopic (exact) mass is 382 g/mol. The van der Waals surface area contributed by atoms with Gasteiger partial charge >= 0.3 is 0 Å². The fourth-order valence-electron chi connectivity index (χ4n) is 3.37. The van der Waals surface area contributed by atoms with E-state index in [1.54, 1.807) is 11.3 Å². The molecule has 3 heterocycles. The highest BCUT2D eigenvalue weighted by molar-refractivity contribution is 7.07. The minimum Gasteiger partial charge on any atom is -0.326 e. The van der Waals surface area contributed by atoms with E-state index in [2.05, 4.69) is 30.4 Å². The number of anilines is 1. The molecule has 1 aliphatic heterocycles. The standard InChI is InChI=1S/C19H22N6OS/c1-13-21-18(24-23-13)10-25-7-5-14(6-8-25)19(26)22-16-4-2-3-15(9-16)17-11-27-12-20-17/h2-4,9,11-12,14H,5-8,10H2,1H3,(H,22,26)(H,21,23,24). The first kappa shape index (κ1) is 17.8. The number of likely N-dealkylation sites (tertiary alicyclic amines) is 1. The fourth-order valence-corrected chi connectivity index (χ4v) is 3.93. The van der Waals surface area contributed by atoms with Gasteiger partial charge < -0.3 is 5.32 Å². The SMILES string of the molecule is Cc1nc(CN2CCC(C(=O)Nc3cccc(-c4cscn4)c3)CC2)n[nH]1. The molecule has 4 rings (SSSR count). The number of aromatic nitrogens is 4. The number of thiazole rings is 1. The molecule has 3 aromatic rings. The number of amides is 1. The van der Waals surface area contributed by atoms with E-state index in [1.807, 2.05) is 42.1 Å². The third kappa shape index (κ3) is 4.40. The molecule has 1 aliphatic rings. The van der Waals surface area contributed by atoms with E-state index < -0.39 is 0 Å². The van der Waals surface area contributed by atoms with E-state index in [0.717, 1.165) is 61.1 Å². The van der Waals surface area contributed by atoms with Crippen molar-refractivity contribution in [3.63, 3.8) is 0 Å². The maximum Gasteiger partial charge on any atom is 0.227 e. The number of carbonyl (C=O) groups is 1. The van der Waals surface area contributed by atoms with Crippen molar-refractivity contribution in [2.75, 3.05) is 18.4 Å². The summed E-state index contributed by atoms with van der Waals surface area (Å²) in [5.74, 6) is 1.78. The zero-order chi connectivity index (χ0) is 18.6. The van der Waals surface area contributed by atoms with Gasteiger partial charge in [-0.1, -0.05) is 12.1 Å². The molecule has 27 heavy (non-hydrogen) atoms. The predicted octanol–water partition coefficient (Wildman–Crippen LogP) is 3.09. The van der Waals surface area contributed by atoms with Gasteiger partial charge in [-0.2, -0.15) is 5.10 Å². The van der Waals surface area contributed by atoms with Gasteiger partial charge in [-0.15, -0.1) is 11.3 Å². The van der Waals surface area contributed by atoms with Crippen molar-refractivity contribution in [1.82, 2.24) is 25.1 Å². The molecule has 1 fully saturated rings. The molecule has 1 aromatic carbocycles. The van der Waals surface area contributed by atoms with E-state index in [4.69, 9.17) is 0 Å². The van der Waals surface area contributed by atoms with Crippen LogP contribution in [0.2, 0.25) is 0 Å². The minimum absolute atomic E-state index is 0.0399.